The largest absolute Gasteiger partial charge is 0.486 e. The van der Waals surface area contributed by atoms with Crippen LogP contribution in [0.2, 0.25) is 0 Å². The summed E-state index contributed by atoms with van der Waals surface area (Å²) < 4.78 is 12.7. The Balaban J connectivity index is 1.33. The molecular weight excluding hydrogens is 707 g/mol. The van der Waals surface area contributed by atoms with Crippen LogP contribution < -0.4 is 35.7 Å². The Bertz CT molecular complexity index is 2550. The second kappa shape index (κ2) is 12.2. The summed E-state index contributed by atoms with van der Waals surface area (Å²) in [7, 11) is 0. The highest BCUT2D eigenvalue weighted by Gasteiger charge is 2.48. The molecule has 5 aromatic carbocycles. The predicted molar refractivity (Wildman–Crippen MR) is 245 cm³/mol. The van der Waals surface area contributed by atoms with Crippen LogP contribution in [0.15, 0.2) is 78.9 Å². The van der Waals surface area contributed by atoms with E-state index in [-0.39, 0.29) is 33.8 Å². The first-order valence-corrected chi connectivity index (χ1v) is 21.9. The van der Waals surface area contributed by atoms with E-state index in [4.69, 9.17) is 9.47 Å². The Hall–Kier alpha value is -4.64. The number of para-hydroxylation sites is 1. The van der Waals surface area contributed by atoms with E-state index in [9.17, 15) is 0 Å². The van der Waals surface area contributed by atoms with Crippen molar-refractivity contribution in [1.29, 1.82) is 0 Å². The fourth-order valence-electron chi connectivity index (χ4n) is 11.2. The standard InChI is InChI=1S/C53H61BN2O2/c1-32-26-44-47-45(27-32)56(42-14-13-15-46-48(42)58-25-24-57-46)41-19-16-33(49(2,3)4)28-39(41)54(47)40-30-37-38(53(11,12)23-22-52(37,9)10)31-43(40)55(44)34-17-18-35-36(29-34)51(7,8)21-20-50(35,5)6/h13-19,26-31H,20-25H2,1-12H3. The first kappa shape index (κ1) is 37.6. The van der Waals surface area contributed by atoms with E-state index < -0.39 is 0 Å². The average Bonchev–Trinajstić information content (AvgIpc) is 3.17. The molecule has 0 bridgehead atoms. The molecule has 5 heteroatoms. The molecule has 0 atom stereocenters. The smallest absolute Gasteiger partial charge is 0.252 e. The Morgan fingerprint density at radius 2 is 1.12 bits per heavy atom. The maximum Gasteiger partial charge on any atom is 0.252 e. The molecule has 58 heavy (non-hydrogen) atoms. The van der Waals surface area contributed by atoms with Crippen molar-refractivity contribution in [2.45, 2.75) is 136 Å². The lowest BCUT2D eigenvalue weighted by Crippen LogP contribution is -2.62. The van der Waals surface area contributed by atoms with Gasteiger partial charge in [0.05, 0.1) is 5.69 Å². The van der Waals surface area contributed by atoms with E-state index in [0.29, 0.717) is 13.2 Å². The number of anilines is 6. The van der Waals surface area contributed by atoms with Crippen LogP contribution in [0.1, 0.15) is 135 Å². The van der Waals surface area contributed by atoms with Crippen LogP contribution in [-0.4, -0.2) is 19.9 Å². The van der Waals surface area contributed by atoms with Gasteiger partial charge in [0.25, 0.3) is 6.71 Å². The molecule has 4 nitrogen and oxygen atoms in total. The molecule has 3 aliphatic heterocycles. The van der Waals surface area contributed by atoms with Crippen molar-refractivity contribution < 1.29 is 9.47 Å². The van der Waals surface area contributed by atoms with Crippen molar-refractivity contribution in [2.75, 3.05) is 23.0 Å². The Morgan fingerprint density at radius 3 is 1.79 bits per heavy atom. The van der Waals surface area contributed by atoms with Gasteiger partial charge in [0.1, 0.15) is 13.2 Å². The van der Waals surface area contributed by atoms with Gasteiger partial charge in [-0.2, -0.15) is 0 Å². The molecule has 5 aliphatic rings. The summed E-state index contributed by atoms with van der Waals surface area (Å²) >= 11 is 0. The maximum absolute atomic E-state index is 6.51. The highest BCUT2D eigenvalue weighted by Crippen LogP contribution is 2.54. The lowest BCUT2D eigenvalue weighted by atomic mass is 9.33. The SMILES string of the molecule is Cc1cc2c3c(c1)N(c1cccc4c1OCCO4)c1ccc(C(C)(C)C)cc1B3c1cc3c(cc1N2c1ccc2c(c1)C(C)(C)CCC2(C)C)C(C)(C)CCC3(C)C. The van der Waals surface area contributed by atoms with Crippen LogP contribution >= 0.6 is 0 Å². The van der Waals surface area contributed by atoms with Crippen molar-refractivity contribution >= 4 is 57.2 Å². The van der Waals surface area contributed by atoms with Gasteiger partial charge in [0, 0.05) is 28.4 Å². The van der Waals surface area contributed by atoms with Gasteiger partial charge in [-0.3, -0.25) is 0 Å². The first-order chi connectivity index (χ1) is 27.3. The first-order valence-electron chi connectivity index (χ1n) is 21.9. The number of fused-ring (bicyclic) bond motifs is 7. The number of benzene rings is 5. The van der Waals surface area contributed by atoms with Crippen LogP contribution in [0.5, 0.6) is 11.5 Å². The summed E-state index contributed by atoms with van der Waals surface area (Å²) in [6.45, 7) is 30.1. The average molecular weight is 769 g/mol. The van der Waals surface area contributed by atoms with Crippen LogP contribution in [0.3, 0.4) is 0 Å². The molecular formula is C53H61BN2O2. The third-order valence-electron chi connectivity index (χ3n) is 14.9. The molecule has 0 amide bonds. The molecule has 2 aliphatic carbocycles. The molecule has 3 heterocycles. The van der Waals surface area contributed by atoms with Crippen LogP contribution in [0, 0.1) is 6.92 Å². The minimum absolute atomic E-state index is 0.0196. The minimum Gasteiger partial charge on any atom is -0.486 e. The predicted octanol–water partition coefficient (Wildman–Crippen LogP) is 11.8. The van der Waals surface area contributed by atoms with E-state index in [1.165, 1.54) is 104 Å². The second-order valence-corrected chi connectivity index (χ2v) is 21.9. The Labute approximate surface area is 348 Å². The molecule has 0 saturated carbocycles. The zero-order valence-corrected chi connectivity index (χ0v) is 37.0. The second-order valence-electron chi connectivity index (χ2n) is 21.9. The molecule has 5 aromatic rings. The number of hydrogen-bond acceptors (Lipinski definition) is 4. The molecule has 0 saturated heterocycles. The zero-order valence-electron chi connectivity index (χ0n) is 37.0. The molecule has 0 radical (unpaired) electrons. The van der Waals surface area contributed by atoms with Crippen molar-refractivity contribution in [2.24, 2.45) is 0 Å². The molecule has 0 aromatic heterocycles. The third-order valence-corrected chi connectivity index (χ3v) is 14.9. The van der Waals surface area contributed by atoms with Gasteiger partial charge in [0.2, 0.25) is 0 Å². The molecule has 0 spiro atoms. The van der Waals surface area contributed by atoms with E-state index in [1.807, 2.05) is 6.07 Å². The fraction of sp³-hybridized carbons (Fsp3) is 0.434. The molecule has 0 N–H and O–H groups in total. The maximum atomic E-state index is 6.51. The minimum atomic E-state index is -0.0196. The van der Waals surface area contributed by atoms with Gasteiger partial charge < -0.3 is 19.3 Å². The number of nitrogens with zero attached hydrogens (tertiary/aromatic N) is 2. The topological polar surface area (TPSA) is 24.9 Å². The highest BCUT2D eigenvalue weighted by molar-refractivity contribution is 7.00. The van der Waals surface area contributed by atoms with E-state index in [1.54, 1.807) is 0 Å². The van der Waals surface area contributed by atoms with Crippen LogP contribution in [-0.2, 0) is 27.1 Å². The summed E-state index contributed by atoms with van der Waals surface area (Å²) in [5.74, 6) is 1.63. The summed E-state index contributed by atoms with van der Waals surface area (Å²) in [4.78, 5) is 5.15. The van der Waals surface area contributed by atoms with Gasteiger partial charge in [-0.15, -0.1) is 0 Å². The molecule has 0 unspecified atom stereocenters. The summed E-state index contributed by atoms with van der Waals surface area (Å²) in [6.07, 6.45) is 4.74. The number of rotatable bonds is 2. The van der Waals surface area contributed by atoms with E-state index >= 15 is 0 Å². The van der Waals surface area contributed by atoms with Crippen molar-refractivity contribution in [3.63, 3.8) is 0 Å². The lowest BCUT2D eigenvalue weighted by Gasteiger charge is -2.48. The van der Waals surface area contributed by atoms with Crippen molar-refractivity contribution in [1.82, 2.24) is 0 Å². The van der Waals surface area contributed by atoms with E-state index in [0.717, 1.165) is 17.2 Å². The number of ether oxygens (including phenoxy) is 2. The monoisotopic (exact) mass is 768 g/mol. The van der Waals surface area contributed by atoms with Gasteiger partial charge in [-0.1, -0.05) is 106 Å². The van der Waals surface area contributed by atoms with Crippen LogP contribution in [0.4, 0.5) is 34.1 Å². The van der Waals surface area contributed by atoms with E-state index in [2.05, 4.69) is 166 Å². The van der Waals surface area contributed by atoms with Gasteiger partial charge in [-0.05, 0) is 158 Å². The highest BCUT2D eigenvalue weighted by atomic mass is 16.6. The normalized spacial score (nSPS) is 20.0. The van der Waals surface area contributed by atoms with Crippen molar-refractivity contribution in [3.05, 3.63) is 112 Å². The summed E-state index contributed by atoms with van der Waals surface area (Å²) in [5.41, 5.74) is 20.3. The number of hydrogen-bond donors (Lipinski definition) is 0. The van der Waals surface area contributed by atoms with Crippen molar-refractivity contribution in [3.8, 4) is 11.5 Å². The van der Waals surface area contributed by atoms with Gasteiger partial charge >= 0.3 is 0 Å². The molecule has 10 rings (SSSR count). The van der Waals surface area contributed by atoms with Gasteiger partial charge in [0.15, 0.2) is 11.5 Å². The molecule has 298 valence electrons. The lowest BCUT2D eigenvalue weighted by molar-refractivity contribution is 0.172. The quantitative estimate of drug-likeness (QED) is 0.164. The van der Waals surface area contributed by atoms with Gasteiger partial charge in [-0.25, -0.2) is 0 Å². The Morgan fingerprint density at radius 1 is 0.534 bits per heavy atom. The Kier molecular flexibility index (Phi) is 7.92. The van der Waals surface area contributed by atoms with Crippen LogP contribution in [0.25, 0.3) is 0 Å². The summed E-state index contributed by atoms with van der Waals surface area (Å²) in [5, 5.41) is 0. The summed E-state index contributed by atoms with van der Waals surface area (Å²) in [6, 6.07) is 31.3. The zero-order chi connectivity index (χ0) is 40.9. The molecule has 0 fully saturated rings. The third kappa shape index (κ3) is 5.47. The fourth-order valence-corrected chi connectivity index (χ4v) is 11.2. The number of aryl methyl sites for hydroxylation is 1.